The number of ether oxygens (including phenoxy) is 1. The molecule has 0 saturated carbocycles. The smallest absolute Gasteiger partial charge is 0.308 e. The van der Waals surface area contributed by atoms with Crippen LogP contribution in [-0.4, -0.2) is 10.9 Å². The number of nitrogens with zero attached hydrogens (tertiary/aromatic N) is 1. The van der Waals surface area contributed by atoms with Gasteiger partial charge in [-0.2, -0.15) is 0 Å². The lowest BCUT2D eigenvalue weighted by molar-refractivity contribution is -0.418. The summed E-state index contributed by atoms with van der Waals surface area (Å²) >= 11 is 0. The molecule has 0 aliphatic rings. The lowest BCUT2D eigenvalue weighted by Crippen LogP contribution is -1.96. The third kappa shape index (κ3) is 5.37. The van der Waals surface area contributed by atoms with E-state index in [0.29, 0.717) is 0 Å². The molecule has 0 aliphatic carbocycles. The van der Waals surface area contributed by atoms with Gasteiger partial charge in [0.1, 0.15) is 5.76 Å². The van der Waals surface area contributed by atoms with Crippen LogP contribution in [0.3, 0.4) is 0 Å². The zero-order valence-electron chi connectivity index (χ0n) is 7.15. The van der Waals surface area contributed by atoms with Crippen molar-refractivity contribution >= 4 is 5.97 Å². The monoisotopic (exact) mass is 183 g/mol. The summed E-state index contributed by atoms with van der Waals surface area (Å²) in [5, 5.41) is 10.1. The maximum Gasteiger partial charge on any atom is 0.308 e. The van der Waals surface area contributed by atoms with Gasteiger partial charge in [-0.25, -0.2) is 0 Å². The molecular formula is C8H9NO4. The highest BCUT2D eigenvalue weighted by atomic mass is 16.6. The van der Waals surface area contributed by atoms with Crippen molar-refractivity contribution in [3.8, 4) is 0 Å². The van der Waals surface area contributed by atoms with E-state index in [1.807, 2.05) is 0 Å². The van der Waals surface area contributed by atoms with Gasteiger partial charge < -0.3 is 4.74 Å². The number of esters is 1. The number of rotatable bonds is 4. The number of allylic oxidation sites excluding steroid dienone is 2. The average molecular weight is 183 g/mol. The van der Waals surface area contributed by atoms with Crippen LogP contribution in [0.15, 0.2) is 36.8 Å². The molecule has 0 aromatic heterocycles. The Morgan fingerprint density at radius 2 is 2.00 bits per heavy atom. The molecule has 0 radical (unpaired) electrons. The largest absolute Gasteiger partial charge is 0.427 e. The van der Waals surface area contributed by atoms with Crippen molar-refractivity contribution in [2.24, 2.45) is 0 Å². The molecule has 0 spiro atoms. The number of carbonyl (C=O) groups excluding carboxylic acids is 1. The highest BCUT2D eigenvalue weighted by Gasteiger charge is 2.00. The van der Waals surface area contributed by atoms with Crippen LogP contribution in [0.5, 0.6) is 0 Å². The van der Waals surface area contributed by atoms with Crippen molar-refractivity contribution < 1.29 is 14.5 Å². The van der Waals surface area contributed by atoms with Crippen LogP contribution < -0.4 is 0 Å². The van der Waals surface area contributed by atoms with E-state index < -0.39 is 10.9 Å². The molecule has 70 valence electrons. The van der Waals surface area contributed by atoms with Gasteiger partial charge >= 0.3 is 5.97 Å². The van der Waals surface area contributed by atoms with Crippen LogP contribution in [0.1, 0.15) is 6.92 Å². The van der Waals surface area contributed by atoms with Gasteiger partial charge in [0.2, 0.25) is 0 Å². The first-order valence-corrected chi connectivity index (χ1v) is 3.32. The molecule has 0 unspecified atom stereocenters. The van der Waals surface area contributed by atoms with E-state index in [1.54, 1.807) is 0 Å². The predicted molar refractivity (Wildman–Crippen MR) is 46.2 cm³/mol. The van der Waals surface area contributed by atoms with Gasteiger partial charge in [-0.3, -0.25) is 14.9 Å². The molecule has 0 rings (SSSR count). The van der Waals surface area contributed by atoms with Crippen molar-refractivity contribution in [1.29, 1.82) is 0 Å². The van der Waals surface area contributed by atoms with Gasteiger partial charge in [0.25, 0.3) is 5.70 Å². The summed E-state index contributed by atoms with van der Waals surface area (Å²) in [4.78, 5) is 19.8. The van der Waals surface area contributed by atoms with Gasteiger partial charge in [0.05, 0.1) is 4.92 Å². The zero-order valence-corrected chi connectivity index (χ0v) is 7.15. The SMILES string of the molecule is C=C(/C=C\C(=C)[N+](=O)[O-])OC(C)=O. The molecule has 0 aromatic rings. The minimum Gasteiger partial charge on any atom is -0.427 e. The molecule has 0 amide bonds. The second kappa shape index (κ2) is 4.87. The van der Waals surface area contributed by atoms with Crippen LogP contribution >= 0.6 is 0 Å². The number of nitro groups is 1. The summed E-state index contributed by atoms with van der Waals surface area (Å²) in [6.07, 6.45) is 2.30. The van der Waals surface area contributed by atoms with Crippen LogP contribution in [0.4, 0.5) is 0 Å². The van der Waals surface area contributed by atoms with Crippen LogP contribution in [0.25, 0.3) is 0 Å². The fourth-order valence-corrected chi connectivity index (χ4v) is 0.469. The van der Waals surface area contributed by atoms with E-state index in [2.05, 4.69) is 17.9 Å². The first kappa shape index (κ1) is 11.1. The summed E-state index contributed by atoms with van der Waals surface area (Å²) in [5.74, 6) is -0.489. The maximum absolute atomic E-state index is 10.4. The highest BCUT2D eigenvalue weighted by molar-refractivity contribution is 5.67. The molecular weight excluding hydrogens is 174 g/mol. The third-order valence-corrected chi connectivity index (χ3v) is 0.971. The summed E-state index contributed by atoms with van der Waals surface area (Å²) in [6, 6.07) is 0. The molecule has 0 atom stereocenters. The molecule has 0 fully saturated rings. The van der Waals surface area contributed by atoms with Crippen LogP contribution in [-0.2, 0) is 9.53 Å². The summed E-state index contributed by atoms with van der Waals surface area (Å²) in [6.45, 7) is 7.68. The highest BCUT2D eigenvalue weighted by Crippen LogP contribution is 2.00. The summed E-state index contributed by atoms with van der Waals surface area (Å²) in [5.41, 5.74) is -0.298. The Balaban J connectivity index is 4.13. The molecule has 5 heteroatoms. The number of hydrogen-bond donors (Lipinski definition) is 0. The maximum atomic E-state index is 10.4. The standard InChI is InChI=1S/C8H9NO4/c1-6(9(11)12)4-5-7(2)13-8(3)10/h4-5H,1-2H2,3H3/b5-4-. The zero-order chi connectivity index (χ0) is 10.4. The predicted octanol–water partition coefficient (Wildman–Crippen LogP) is 1.41. The van der Waals surface area contributed by atoms with E-state index >= 15 is 0 Å². The first-order chi connectivity index (χ1) is 5.93. The normalized spacial score (nSPS) is 9.62. The third-order valence-electron chi connectivity index (χ3n) is 0.971. The van der Waals surface area contributed by atoms with Crippen molar-refractivity contribution in [2.45, 2.75) is 6.92 Å². The average Bonchev–Trinajstić information content (AvgIpc) is 1.98. The lowest BCUT2D eigenvalue weighted by Gasteiger charge is -1.97. The van der Waals surface area contributed by atoms with E-state index in [0.717, 1.165) is 6.08 Å². The van der Waals surface area contributed by atoms with Gasteiger partial charge in [0, 0.05) is 13.0 Å². The number of hydrogen-bond acceptors (Lipinski definition) is 4. The molecule has 0 aromatic carbocycles. The Labute approximate surface area is 75.2 Å². The van der Waals surface area contributed by atoms with Gasteiger partial charge in [-0.05, 0) is 12.7 Å². The van der Waals surface area contributed by atoms with Crippen LogP contribution in [0.2, 0.25) is 0 Å². The van der Waals surface area contributed by atoms with Crippen molar-refractivity contribution in [3.05, 3.63) is 46.9 Å². The van der Waals surface area contributed by atoms with E-state index in [-0.39, 0.29) is 11.5 Å². The quantitative estimate of drug-likeness (QED) is 0.217. The molecule has 0 bridgehead atoms. The van der Waals surface area contributed by atoms with Gasteiger partial charge in [-0.1, -0.05) is 6.58 Å². The molecule has 5 nitrogen and oxygen atoms in total. The molecule has 0 saturated heterocycles. The van der Waals surface area contributed by atoms with E-state index in [4.69, 9.17) is 0 Å². The fourth-order valence-electron chi connectivity index (χ4n) is 0.469. The summed E-state index contributed by atoms with van der Waals surface area (Å²) < 4.78 is 4.50. The Kier molecular flexibility index (Phi) is 4.15. The molecule has 0 heterocycles. The van der Waals surface area contributed by atoms with Crippen molar-refractivity contribution in [2.75, 3.05) is 0 Å². The minimum atomic E-state index is -0.655. The fraction of sp³-hybridized carbons (Fsp3) is 0.125. The lowest BCUT2D eigenvalue weighted by atomic mass is 10.4. The molecule has 13 heavy (non-hydrogen) atoms. The summed E-state index contributed by atoms with van der Waals surface area (Å²) in [7, 11) is 0. The topological polar surface area (TPSA) is 69.4 Å². The molecule has 0 N–H and O–H groups in total. The Bertz CT molecular complexity index is 291. The van der Waals surface area contributed by atoms with E-state index in [9.17, 15) is 14.9 Å². The number of carbonyl (C=O) groups is 1. The van der Waals surface area contributed by atoms with E-state index in [1.165, 1.54) is 13.0 Å². The Hall–Kier alpha value is -1.91. The minimum absolute atomic E-state index is 0.0375. The second-order valence-electron chi connectivity index (χ2n) is 2.14. The van der Waals surface area contributed by atoms with Crippen LogP contribution in [0, 0.1) is 10.1 Å². The second-order valence-corrected chi connectivity index (χ2v) is 2.14. The molecule has 0 aliphatic heterocycles. The van der Waals surface area contributed by atoms with Crippen molar-refractivity contribution in [3.63, 3.8) is 0 Å². The van der Waals surface area contributed by atoms with Crippen molar-refractivity contribution in [1.82, 2.24) is 0 Å². The first-order valence-electron chi connectivity index (χ1n) is 3.32. The van der Waals surface area contributed by atoms with Gasteiger partial charge in [-0.15, -0.1) is 0 Å². The Morgan fingerprint density at radius 3 is 2.38 bits per heavy atom. The van der Waals surface area contributed by atoms with Gasteiger partial charge in [0.15, 0.2) is 0 Å². The Morgan fingerprint density at radius 1 is 1.46 bits per heavy atom.